The van der Waals surface area contributed by atoms with E-state index in [4.69, 9.17) is 5.73 Å². The Morgan fingerprint density at radius 2 is 1.73 bits per heavy atom. The van der Waals surface area contributed by atoms with Crippen LogP contribution in [0, 0.1) is 0 Å². The number of anilines is 1. The van der Waals surface area contributed by atoms with Crippen molar-refractivity contribution in [2.24, 2.45) is 0 Å². The summed E-state index contributed by atoms with van der Waals surface area (Å²) in [4.78, 5) is 0. The van der Waals surface area contributed by atoms with Crippen LogP contribution >= 0.6 is 11.5 Å². The minimum absolute atomic E-state index is 0.333. The summed E-state index contributed by atoms with van der Waals surface area (Å²) in [6.07, 6.45) is 0. The highest BCUT2D eigenvalue weighted by molar-refractivity contribution is 7.86. The van der Waals surface area contributed by atoms with Crippen molar-refractivity contribution >= 4 is 59.0 Å². The molecule has 0 saturated carbocycles. The molecule has 0 aliphatic heterocycles. The molecule has 4 rings (SSSR count). The first kappa shape index (κ1) is 13.4. The van der Waals surface area contributed by atoms with Gasteiger partial charge in [-0.15, -0.1) is 0 Å². The number of nitrogens with two attached hydrogens (primary N) is 1. The molecule has 0 aliphatic rings. The Bertz CT molecular complexity index is 1160. The maximum atomic E-state index is 11.6. The van der Waals surface area contributed by atoms with Crippen molar-refractivity contribution in [3.63, 3.8) is 0 Å². The smallest absolute Gasteiger partial charge is 0.313 e. The lowest BCUT2D eigenvalue weighted by atomic mass is 10.0. The average molecular weight is 330 g/mol. The van der Waals surface area contributed by atoms with Gasteiger partial charge in [-0.1, -0.05) is 24.3 Å². The van der Waals surface area contributed by atoms with Crippen LogP contribution in [0.1, 0.15) is 0 Å². The zero-order chi connectivity index (χ0) is 15.5. The number of hydrogen-bond acceptors (Lipinski definition) is 5. The van der Waals surface area contributed by atoms with Crippen LogP contribution in [0.15, 0.2) is 47.5 Å². The molecule has 0 amide bonds. The van der Waals surface area contributed by atoms with E-state index in [1.165, 1.54) is 0 Å². The Morgan fingerprint density at radius 3 is 2.41 bits per heavy atom. The monoisotopic (exact) mass is 330 g/mol. The summed E-state index contributed by atoms with van der Waals surface area (Å²) in [6.45, 7) is 0. The Morgan fingerprint density at radius 1 is 1.05 bits per heavy atom. The van der Waals surface area contributed by atoms with Crippen molar-refractivity contribution in [1.29, 1.82) is 0 Å². The van der Waals surface area contributed by atoms with E-state index in [1.54, 1.807) is 6.07 Å². The number of hydrogen-bond donors (Lipinski definition) is 2. The second-order valence-corrected chi connectivity index (χ2v) is 7.16. The van der Waals surface area contributed by atoms with E-state index < -0.39 is 10.1 Å². The standard InChI is InChI=1S/C15H10N2O3S2/c16-12-7-10-5-8-3-1-2-4-9(8)6-11(10)13-14(12)21-17-15(13)22(18,19)20/h1-7H,16H2,(H,18,19,20). The summed E-state index contributed by atoms with van der Waals surface area (Å²) >= 11 is 0.973. The SMILES string of the molecule is Nc1cc2cc3ccccc3cc2c2c(S(=O)(=O)O)nsc12. The number of nitrogen functional groups attached to an aromatic ring is 1. The molecule has 22 heavy (non-hydrogen) atoms. The fraction of sp³-hybridized carbons (Fsp3) is 0. The maximum absolute atomic E-state index is 11.6. The van der Waals surface area contributed by atoms with Crippen LogP contribution < -0.4 is 5.73 Å². The molecule has 3 N–H and O–H groups in total. The molecular formula is C15H10N2O3S2. The van der Waals surface area contributed by atoms with Crippen LogP contribution in [0.5, 0.6) is 0 Å². The van der Waals surface area contributed by atoms with E-state index in [1.807, 2.05) is 36.4 Å². The molecule has 5 nitrogen and oxygen atoms in total. The van der Waals surface area contributed by atoms with Gasteiger partial charge in [0.15, 0.2) is 0 Å². The first-order valence-electron chi connectivity index (χ1n) is 6.43. The Hall–Kier alpha value is -2.22. The molecule has 1 heterocycles. The van der Waals surface area contributed by atoms with Crippen LogP contribution in [0.4, 0.5) is 5.69 Å². The van der Waals surface area contributed by atoms with E-state index in [2.05, 4.69) is 4.37 Å². The number of benzene rings is 3. The van der Waals surface area contributed by atoms with Gasteiger partial charge >= 0.3 is 10.1 Å². The van der Waals surface area contributed by atoms with Gasteiger partial charge < -0.3 is 5.73 Å². The molecule has 0 unspecified atom stereocenters. The van der Waals surface area contributed by atoms with E-state index in [9.17, 15) is 13.0 Å². The highest BCUT2D eigenvalue weighted by atomic mass is 32.2. The number of rotatable bonds is 1. The molecule has 4 aromatic rings. The normalized spacial score (nSPS) is 12.4. The molecule has 110 valence electrons. The summed E-state index contributed by atoms with van der Waals surface area (Å²) in [5.41, 5.74) is 6.47. The van der Waals surface area contributed by atoms with Crippen LogP contribution in [0.3, 0.4) is 0 Å². The summed E-state index contributed by atoms with van der Waals surface area (Å²) in [6, 6.07) is 13.4. The first-order chi connectivity index (χ1) is 10.4. The predicted molar refractivity (Wildman–Crippen MR) is 88.9 cm³/mol. The van der Waals surface area contributed by atoms with Crippen molar-refractivity contribution in [2.75, 3.05) is 5.73 Å². The van der Waals surface area contributed by atoms with E-state index >= 15 is 0 Å². The summed E-state index contributed by atoms with van der Waals surface area (Å²) in [7, 11) is -4.40. The van der Waals surface area contributed by atoms with Gasteiger partial charge in [0.05, 0.1) is 10.4 Å². The van der Waals surface area contributed by atoms with Crippen LogP contribution in [0.25, 0.3) is 31.6 Å². The van der Waals surface area contributed by atoms with Gasteiger partial charge in [-0.2, -0.15) is 12.8 Å². The third kappa shape index (κ3) is 1.87. The highest BCUT2D eigenvalue weighted by Gasteiger charge is 2.22. The first-order valence-corrected chi connectivity index (χ1v) is 8.64. The molecule has 7 heteroatoms. The highest BCUT2D eigenvalue weighted by Crippen LogP contribution is 2.38. The zero-order valence-electron chi connectivity index (χ0n) is 11.1. The number of nitrogens with zero attached hydrogens (tertiary/aromatic N) is 1. The van der Waals surface area contributed by atoms with Crippen molar-refractivity contribution in [3.8, 4) is 0 Å². The lowest BCUT2D eigenvalue weighted by Crippen LogP contribution is -1.99. The average Bonchev–Trinajstić information content (AvgIpc) is 2.91. The van der Waals surface area contributed by atoms with Crippen LogP contribution in [-0.4, -0.2) is 17.3 Å². The van der Waals surface area contributed by atoms with Gasteiger partial charge in [0.2, 0.25) is 5.03 Å². The Balaban J connectivity index is 2.30. The minimum atomic E-state index is -4.40. The minimum Gasteiger partial charge on any atom is -0.398 e. The second-order valence-electron chi connectivity index (χ2n) is 5.05. The topological polar surface area (TPSA) is 93.3 Å². The summed E-state index contributed by atoms with van der Waals surface area (Å²) in [5, 5.41) is 3.59. The maximum Gasteiger partial charge on any atom is 0.313 e. The molecule has 3 aromatic carbocycles. The molecular weight excluding hydrogens is 320 g/mol. The Labute approximate surface area is 129 Å². The van der Waals surface area contributed by atoms with Gasteiger partial charge in [0.1, 0.15) is 0 Å². The van der Waals surface area contributed by atoms with Crippen LogP contribution in [-0.2, 0) is 10.1 Å². The molecule has 0 aliphatic carbocycles. The summed E-state index contributed by atoms with van der Waals surface area (Å²) in [5.74, 6) is 0. The summed E-state index contributed by atoms with van der Waals surface area (Å²) < 4.78 is 37.0. The van der Waals surface area contributed by atoms with Gasteiger partial charge in [-0.3, -0.25) is 4.55 Å². The van der Waals surface area contributed by atoms with Crippen molar-refractivity contribution in [1.82, 2.24) is 4.37 Å². The van der Waals surface area contributed by atoms with Gasteiger partial charge in [0.25, 0.3) is 0 Å². The molecule has 0 saturated heterocycles. The molecule has 0 spiro atoms. The van der Waals surface area contributed by atoms with Crippen molar-refractivity contribution in [3.05, 3.63) is 42.5 Å². The van der Waals surface area contributed by atoms with Gasteiger partial charge in [-0.05, 0) is 51.3 Å². The molecule has 0 atom stereocenters. The van der Waals surface area contributed by atoms with Crippen molar-refractivity contribution < 1.29 is 13.0 Å². The van der Waals surface area contributed by atoms with E-state index in [0.29, 0.717) is 21.2 Å². The molecule has 0 fully saturated rings. The lowest BCUT2D eigenvalue weighted by Gasteiger charge is -2.06. The lowest BCUT2D eigenvalue weighted by molar-refractivity contribution is 0.481. The molecule has 1 aromatic heterocycles. The fourth-order valence-electron chi connectivity index (χ4n) is 2.71. The number of fused-ring (bicyclic) bond motifs is 4. The third-order valence-electron chi connectivity index (χ3n) is 3.67. The molecule has 0 bridgehead atoms. The van der Waals surface area contributed by atoms with Gasteiger partial charge in [0, 0.05) is 5.39 Å². The van der Waals surface area contributed by atoms with Crippen LogP contribution in [0.2, 0.25) is 0 Å². The number of aromatic nitrogens is 1. The van der Waals surface area contributed by atoms with E-state index in [0.717, 1.165) is 27.7 Å². The van der Waals surface area contributed by atoms with E-state index in [-0.39, 0.29) is 5.03 Å². The van der Waals surface area contributed by atoms with Crippen molar-refractivity contribution in [2.45, 2.75) is 5.03 Å². The molecule has 0 radical (unpaired) electrons. The quantitative estimate of drug-likeness (QED) is 0.317. The fourth-order valence-corrected chi connectivity index (χ4v) is 4.46. The Kier molecular flexibility index (Phi) is 2.68. The zero-order valence-corrected chi connectivity index (χ0v) is 12.8. The third-order valence-corrected chi connectivity index (χ3v) is 5.46. The second kappa shape index (κ2) is 4.39. The predicted octanol–water partition coefficient (Wildman–Crippen LogP) is 3.43. The van der Waals surface area contributed by atoms with Gasteiger partial charge in [-0.25, -0.2) is 0 Å². The largest absolute Gasteiger partial charge is 0.398 e.